The van der Waals surface area contributed by atoms with Crippen molar-refractivity contribution in [1.82, 2.24) is 10.2 Å². The lowest BCUT2D eigenvalue weighted by atomic mass is 9.65. The molecule has 2 bridgehead atoms. The molecular weight excluding hydrogens is 366 g/mol. The first-order valence-corrected chi connectivity index (χ1v) is 10.6. The molecule has 1 saturated heterocycles. The van der Waals surface area contributed by atoms with Crippen molar-refractivity contribution in [2.24, 2.45) is 16.0 Å². The number of nitrogens with zero attached hydrogens (tertiary/aromatic N) is 1. The highest BCUT2D eigenvalue weighted by molar-refractivity contribution is 7.89. The van der Waals surface area contributed by atoms with Gasteiger partial charge in [-0.2, -0.15) is 0 Å². The molecule has 2 aliphatic rings. The maximum absolute atomic E-state index is 12.7. The number of hydrogen-bond acceptors (Lipinski definition) is 4. The number of nitrogens with two attached hydrogens (primary N) is 1. The van der Waals surface area contributed by atoms with Crippen LogP contribution in [0.5, 0.6) is 0 Å². The van der Waals surface area contributed by atoms with Gasteiger partial charge in [0, 0.05) is 19.1 Å². The van der Waals surface area contributed by atoms with Crippen LogP contribution in [0.4, 0.5) is 0 Å². The molecule has 2 amide bonds. The monoisotopic (exact) mass is 393 g/mol. The van der Waals surface area contributed by atoms with E-state index in [0.717, 1.165) is 19.3 Å². The van der Waals surface area contributed by atoms with E-state index < -0.39 is 21.8 Å². The van der Waals surface area contributed by atoms with Crippen molar-refractivity contribution in [3.8, 4) is 0 Å². The molecule has 1 saturated carbocycles. The predicted molar refractivity (Wildman–Crippen MR) is 101 cm³/mol. The number of likely N-dealkylation sites (tertiary alicyclic amines) is 1. The summed E-state index contributed by atoms with van der Waals surface area (Å²) in [5, 5.41) is 7.70. The minimum atomic E-state index is -3.75. The fourth-order valence-corrected chi connectivity index (χ4v) is 5.40. The first-order chi connectivity index (χ1) is 12.4. The Morgan fingerprint density at radius 1 is 1.19 bits per heavy atom. The summed E-state index contributed by atoms with van der Waals surface area (Å²) < 4.78 is 22.5. The molecule has 1 aliphatic carbocycles. The number of nitrogens with one attached hydrogen (secondary N) is 1. The van der Waals surface area contributed by atoms with Crippen LogP contribution in [0.1, 0.15) is 45.6 Å². The average Bonchev–Trinajstić information content (AvgIpc) is 2.80. The van der Waals surface area contributed by atoms with E-state index in [4.69, 9.17) is 5.14 Å². The maximum Gasteiger partial charge on any atom is 0.312 e. The van der Waals surface area contributed by atoms with Crippen LogP contribution in [-0.2, 0) is 26.2 Å². The van der Waals surface area contributed by atoms with Crippen LogP contribution < -0.4 is 10.5 Å². The van der Waals surface area contributed by atoms with Gasteiger partial charge >= 0.3 is 11.8 Å². The average molecular weight is 394 g/mol. The number of benzene rings is 1. The lowest BCUT2D eigenvalue weighted by molar-refractivity contribution is -0.146. The number of carbonyl (C=O) groups excluding carboxylic acids is 2. The van der Waals surface area contributed by atoms with E-state index in [1.54, 1.807) is 17.0 Å². The standard InChI is InChI=1S/C19H27N3O4S/c1-18(2)8-14-9-19(3,11-18)12-22(14)17(24)16(23)21-10-13-4-6-15(7-5-13)27(20,25)26/h4-7,14H,8-12H2,1-3H3,(H,21,23)(H2,20,25,26). The fraction of sp³-hybridized carbons (Fsp3) is 0.579. The lowest BCUT2D eigenvalue weighted by Crippen LogP contribution is -2.45. The zero-order valence-corrected chi connectivity index (χ0v) is 16.8. The number of sulfonamides is 1. The van der Waals surface area contributed by atoms with Gasteiger partial charge in [0.2, 0.25) is 10.0 Å². The Hall–Kier alpha value is -1.93. The summed E-state index contributed by atoms with van der Waals surface area (Å²) in [6.45, 7) is 7.40. The number of hydrogen-bond donors (Lipinski definition) is 2. The molecule has 3 rings (SSSR count). The van der Waals surface area contributed by atoms with Gasteiger partial charge in [-0.25, -0.2) is 13.6 Å². The van der Waals surface area contributed by atoms with Crippen molar-refractivity contribution < 1.29 is 18.0 Å². The van der Waals surface area contributed by atoms with Crippen LogP contribution >= 0.6 is 0 Å². The zero-order chi connectivity index (χ0) is 20.0. The van der Waals surface area contributed by atoms with Crippen LogP contribution in [0, 0.1) is 10.8 Å². The van der Waals surface area contributed by atoms with Gasteiger partial charge in [0.25, 0.3) is 0 Å². The molecular formula is C19H27N3O4S. The molecule has 3 N–H and O–H groups in total. The Bertz CT molecular complexity index is 863. The summed E-state index contributed by atoms with van der Waals surface area (Å²) in [4.78, 5) is 26.8. The third kappa shape index (κ3) is 4.32. The summed E-state index contributed by atoms with van der Waals surface area (Å²) in [7, 11) is -3.75. The molecule has 8 heteroatoms. The smallest absolute Gasteiger partial charge is 0.312 e. The van der Waals surface area contributed by atoms with E-state index in [0.29, 0.717) is 12.1 Å². The van der Waals surface area contributed by atoms with Crippen molar-refractivity contribution in [3.63, 3.8) is 0 Å². The Labute approximate surface area is 160 Å². The lowest BCUT2D eigenvalue weighted by Gasteiger charge is -2.39. The molecule has 1 aromatic rings. The van der Waals surface area contributed by atoms with Crippen LogP contribution in [-0.4, -0.2) is 37.7 Å². The second-order valence-electron chi connectivity index (χ2n) is 9.02. The summed E-state index contributed by atoms with van der Waals surface area (Å²) in [5.74, 6) is -1.11. The molecule has 2 fully saturated rings. The first-order valence-electron chi connectivity index (χ1n) is 9.09. The van der Waals surface area contributed by atoms with E-state index >= 15 is 0 Å². The van der Waals surface area contributed by atoms with Crippen molar-refractivity contribution >= 4 is 21.8 Å². The Morgan fingerprint density at radius 2 is 1.81 bits per heavy atom. The molecule has 148 valence electrons. The molecule has 1 aliphatic heterocycles. The topological polar surface area (TPSA) is 110 Å². The Morgan fingerprint density at radius 3 is 2.41 bits per heavy atom. The van der Waals surface area contributed by atoms with Gasteiger partial charge in [0.05, 0.1) is 4.90 Å². The molecule has 1 aromatic carbocycles. The van der Waals surface area contributed by atoms with Gasteiger partial charge in [0.1, 0.15) is 0 Å². The summed E-state index contributed by atoms with van der Waals surface area (Å²) in [6, 6.07) is 6.01. The second-order valence-corrected chi connectivity index (χ2v) is 10.6. The van der Waals surface area contributed by atoms with E-state index in [1.807, 2.05) is 0 Å². The Balaban J connectivity index is 1.61. The number of amides is 2. The van der Waals surface area contributed by atoms with E-state index in [9.17, 15) is 18.0 Å². The molecule has 0 spiro atoms. The summed E-state index contributed by atoms with van der Waals surface area (Å²) in [6.07, 6.45) is 2.92. The molecule has 0 radical (unpaired) electrons. The molecule has 0 aromatic heterocycles. The van der Waals surface area contributed by atoms with Crippen molar-refractivity contribution in [1.29, 1.82) is 0 Å². The van der Waals surface area contributed by atoms with Gasteiger partial charge in [-0.1, -0.05) is 32.9 Å². The molecule has 27 heavy (non-hydrogen) atoms. The molecule has 1 heterocycles. The van der Waals surface area contributed by atoms with Gasteiger partial charge in [-0.15, -0.1) is 0 Å². The van der Waals surface area contributed by atoms with Crippen molar-refractivity contribution in [2.45, 2.75) is 57.5 Å². The quantitative estimate of drug-likeness (QED) is 0.756. The number of rotatable bonds is 3. The molecule has 7 nitrogen and oxygen atoms in total. The van der Waals surface area contributed by atoms with Gasteiger partial charge in [-0.05, 0) is 47.8 Å². The highest BCUT2D eigenvalue weighted by atomic mass is 32.2. The van der Waals surface area contributed by atoms with E-state index in [-0.39, 0.29) is 28.3 Å². The highest BCUT2D eigenvalue weighted by Crippen LogP contribution is 2.52. The zero-order valence-electron chi connectivity index (χ0n) is 16.0. The minimum absolute atomic E-state index is 0.00820. The first kappa shape index (κ1) is 19.8. The van der Waals surface area contributed by atoms with Crippen LogP contribution in [0.25, 0.3) is 0 Å². The normalized spacial score (nSPS) is 26.7. The Kier molecular flexibility index (Phi) is 4.84. The SMILES string of the molecule is CC1(C)CC2CC(C)(CN2C(=O)C(=O)NCc2ccc(S(N)(=O)=O)cc2)C1. The van der Waals surface area contributed by atoms with Gasteiger partial charge < -0.3 is 10.2 Å². The fourth-order valence-electron chi connectivity index (χ4n) is 4.88. The number of carbonyl (C=O) groups is 2. The highest BCUT2D eigenvalue weighted by Gasteiger charge is 2.51. The van der Waals surface area contributed by atoms with Crippen LogP contribution in [0.3, 0.4) is 0 Å². The third-order valence-electron chi connectivity index (χ3n) is 5.57. The van der Waals surface area contributed by atoms with Crippen LogP contribution in [0.15, 0.2) is 29.2 Å². The summed E-state index contributed by atoms with van der Waals surface area (Å²) >= 11 is 0. The second kappa shape index (κ2) is 6.60. The number of fused-ring (bicyclic) bond motifs is 2. The van der Waals surface area contributed by atoms with Gasteiger partial charge in [0.15, 0.2) is 0 Å². The van der Waals surface area contributed by atoms with E-state index in [1.165, 1.54) is 12.1 Å². The predicted octanol–water partition coefficient (Wildman–Crippen LogP) is 1.38. The van der Waals surface area contributed by atoms with E-state index in [2.05, 4.69) is 26.1 Å². The maximum atomic E-state index is 12.7. The molecule has 2 atom stereocenters. The molecule has 2 unspecified atom stereocenters. The minimum Gasteiger partial charge on any atom is -0.344 e. The van der Waals surface area contributed by atoms with Crippen molar-refractivity contribution in [2.75, 3.05) is 6.54 Å². The van der Waals surface area contributed by atoms with Crippen molar-refractivity contribution in [3.05, 3.63) is 29.8 Å². The van der Waals surface area contributed by atoms with Crippen LogP contribution in [0.2, 0.25) is 0 Å². The third-order valence-corrected chi connectivity index (χ3v) is 6.50. The number of primary sulfonamides is 1. The largest absolute Gasteiger partial charge is 0.344 e. The summed E-state index contributed by atoms with van der Waals surface area (Å²) in [5.41, 5.74) is 0.942. The van der Waals surface area contributed by atoms with Gasteiger partial charge in [-0.3, -0.25) is 9.59 Å².